The Bertz CT molecular complexity index is 481. The first kappa shape index (κ1) is 18.3. The first-order chi connectivity index (χ1) is 11.1. The van der Waals surface area contributed by atoms with Gasteiger partial charge in [0.05, 0.1) is 6.54 Å². The molecule has 0 bridgehead atoms. The maximum atomic E-state index is 4.84. The van der Waals surface area contributed by atoms with Gasteiger partial charge in [-0.05, 0) is 44.3 Å². The van der Waals surface area contributed by atoms with Crippen LogP contribution in [0, 0.1) is 0 Å². The lowest BCUT2D eigenvalue weighted by Gasteiger charge is -2.25. The largest absolute Gasteiger partial charge is 0.357 e. The molecule has 1 aliphatic heterocycles. The van der Waals surface area contributed by atoms with Crippen molar-refractivity contribution in [2.45, 2.75) is 52.0 Å². The summed E-state index contributed by atoms with van der Waals surface area (Å²) < 4.78 is 0. The molecule has 1 aromatic heterocycles. The van der Waals surface area contributed by atoms with Crippen LogP contribution in [-0.4, -0.2) is 49.6 Å². The second-order valence-corrected chi connectivity index (χ2v) is 7.81. The van der Waals surface area contributed by atoms with Crippen LogP contribution in [0.15, 0.2) is 22.5 Å². The summed E-state index contributed by atoms with van der Waals surface area (Å²) in [7, 11) is 0. The average molecular weight is 337 g/mol. The van der Waals surface area contributed by atoms with Gasteiger partial charge in [-0.3, -0.25) is 9.89 Å². The zero-order valence-corrected chi connectivity index (χ0v) is 15.9. The Labute approximate surface area is 145 Å². The van der Waals surface area contributed by atoms with E-state index in [1.165, 1.54) is 24.3 Å². The predicted octanol–water partition coefficient (Wildman–Crippen LogP) is 3.07. The van der Waals surface area contributed by atoms with Gasteiger partial charge in [-0.15, -0.1) is 11.3 Å². The summed E-state index contributed by atoms with van der Waals surface area (Å²) in [6.07, 6.45) is 2.61. The van der Waals surface area contributed by atoms with Crippen LogP contribution in [-0.2, 0) is 5.41 Å². The number of likely N-dealkylation sites (tertiary alicyclic amines) is 1. The van der Waals surface area contributed by atoms with Crippen molar-refractivity contribution in [1.29, 1.82) is 0 Å². The third-order valence-electron chi connectivity index (χ3n) is 4.58. The number of hydrogen-bond acceptors (Lipinski definition) is 3. The van der Waals surface area contributed by atoms with E-state index in [1.807, 2.05) is 11.3 Å². The quantitative estimate of drug-likeness (QED) is 0.594. The molecular weight excluding hydrogens is 304 g/mol. The van der Waals surface area contributed by atoms with Crippen molar-refractivity contribution in [1.82, 2.24) is 15.5 Å². The van der Waals surface area contributed by atoms with E-state index < -0.39 is 0 Å². The molecule has 1 saturated heterocycles. The van der Waals surface area contributed by atoms with Crippen LogP contribution in [0.3, 0.4) is 0 Å². The van der Waals surface area contributed by atoms with Gasteiger partial charge < -0.3 is 10.6 Å². The monoisotopic (exact) mass is 336 g/mol. The van der Waals surface area contributed by atoms with Crippen molar-refractivity contribution < 1.29 is 0 Å². The molecule has 0 aliphatic carbocycles. The maximum absolute atomic E-state index is 4.84. The van der Waals surface area contributed by atoms with Gasteiger partial charge in [0.15, 0.2) is 5.96 Å². The molecule has 130 valence electrons. The van der Waals surface area contributed by atoms with E-state index in [0.717, 1.165) is 32.1 Å². The van der Waals surface area contributed by atoms with Crippen LogP contribution in [0.2, 0.25) is 0 Å². The van der Waals surface area contributed by atoms with Crippen molar-refractivity contribution >= 4 is 17.3 Å². The molecule has 2 heterocycles. The van der Waals surface area contributed by atoms with Gasteiger partial charge in [0, 0.05) is 29.4 Å². The lowest BCUT2D eigenvalue weighted by Crippen LogP contribution is -2.45. The lowest BCUT2D eigenvalue weighted by molar-refractivity contribution is 0.267. The second kappa shape index (κ2) is 8.69. The van der Waals surface area contributed by atoms with E-state index in [4.69, 9.17) is 4.99 Å². The van der Waals surface area contributed by atoms with E-state index in [1.54, 1.807) is 0 Å². The summed E-state index contributed by atoms with van der Waals surface area (Å²) in [6.45, 7) is 14.0. The van der Waals surface area contributed by atoms with E-state index in [0.29, 0.717) is 6.04 Å². The topological polar surface area (TPSA) is 39.7 Å². The van der Waals surface area contributed by atoms with Crippen molar-refractivity contribution in [3.63, 3.8) is 0 Å². The van der Waals surface area contributed by atoms with Gasteiger partial charge in [-0.2, -0.15) is 0 Å². The Morgan fingerprint density at radius 3 is 2.87 bits per heavy atom. The molecule has 0 amide bonds. The number of thiophene rings is 1. The molecule has 1 unspecified atom stereocenters. The van der Waals surface area contributed by atoms with E-state index in [2.05, 4.69) is 60.7 Å². The standard InChI is InChI=1S/C18H32N4S/c1-5-19-17(20-13-15-9-7-11-22(15)6-2)21-14-18(3,4)16-10-8-12-23-16/h8,10,12,15H,5-7,9,11,13-14H2,1-4H3,(H2,19,20,21). The minimum absolute atomic E-state index is 0.0827. The highest BCUT2D eigenvalue weighted by atomic mass is 32.1. The SMILES string of the molecule is CCNC(=NCC(C)(C)c1cccs1)NCC1CCCN1CC. The summed E-state index contributed by atoms with van der Waals surface area (Å²) in [5.41, 5.74) is 0.0827. The summed E-state index contributed by atoms with van der Waals surface area (Å²) in [6, 6.07) is 4.97. The van der Waals surface area contributed by atoms with Crippen molar-refractivity contribution in [2.75, 3.05) is 32.7 Å². The number of nitrogens with one attached hydrogen (secondary N) is 2. The smallest absolute Gasteiger partial charge is 0.191 e. The Balaban J connectivity index is 1.92. The molecule has 0 aromatic carbocycles. The van der Waals surface area contributed by atoms with Crippen LogP contribution in [0.5, 0.6) is 0 Å². The molecule has 1 atom stereocenters. The van der Waals surface area contributed by atoms with Crippen molar-refractivity contribution in [3.05, 3.63) is 22.4 Å². The van der Waals surface area contributed by atoms with Gasteiger partial charge in [0.25, 0.3) is 0 Å². The summed E-state index contributed by atoms with van der Waals surface area (Å²) >= 11 is 1.82. The number of likely N-dealkylation sites (N-methyl/N-ethyl adjacent to an activating group) is 1. The Morgan fingerprint density at radius 1 is 1.39 bits per heavy atom. The molecule has 1 fully saturated rings. The van der Waals surface area contributed by atoms with Crippen LogP contribution in [0.25, 0.3) is 0 Å². The first-order valence-corrected chi connectivity index (χ1v) is 9.75. The zero-order chi connectivity index (χ0) is 16.7. The summed E-state index contributed by atoms with van der Waals surface area (Å²) in [5.74, 6) is 0.945. The molecule has 5 heteroatoms. The van der Waals surface area contributed by atoms with Crippen LogP contribution < -0.4 is 10.6 Å². The number of aliphatic imine (C=N–C) groups is 1. The molecule has 2 N–H and O–H groups in total. The molecule has 0 radical (unpaired) electrons. The van der Waals surface area contributed by atoms with Gasteiger partial charge in [-0.1, -0.05) is 26.8 Å². The lowest BCUT2D eigenvalue weighted by atomic mass is 9.92. The molecule has 0 saturated carbocycles. The number of rotatable bonds is 7. The fraction of sp³-hybridized carbons (Fsp3) is 0.722. The first-order valence-electron chi connectivity index (χ1n) is 8.87. The molecular formula is C18H32N4S. The predicted molar refractivity (Wildman–Crippen MR) is 102 cm³/mol. The van der Waals surface area contributed by atoms with Crippen molar-refractivity contribution in [2.24, 2.45) is 4.99 Å². The Kier molecular flexibility index (Phi) is 6.90. The van der Waals surface area contributed by atoms with Crippen LogP contribution in [0.1, 0.15) is 45.4 Å². The second-order valence-electron chi connectivity index (χ2n) is 6.86. The average Bonchev–Trinajstić information content (AvgIpc) is 3.20. The third-order valence-corrected chi connectivity index (χ3v) is 5.81. The molecule has 0 spiro atoms. The summed E-state index contributed by atoms with van der Waals surface area (Å²) in [5, 5.41) is 9.07. The number of nitrogens with zero attached hydrogens (tertiary/aromatic N) is 2. The minimum atomic E-state index is 0.0827. The van der Waals surface area contributed by atoms with Crippen LogP contribution >= 0.6 is 11.3 Å². The zero-order valence-electron chi connectivity index (χ0n) is 15.1. The normalized spacial score (nSPS) is 20.0. The highest BCUT2D eigenvalue weighted by molar-refractivity contribution is 7.10. The van der Waals surface area contributed by atoms with E-state index in [-0.39, 0.29) is 5.41 Å². The highest BCUT2D eigenvalue weighted by Gasteiger charge is 2.24. The van der Waals surface area contributed by atoms with Crippen molar-refractivity contribution in [3.8, 4) is 0 Å². The Hall–Kier alpha value is -1.07. The molecule has 4 nitrogen and oxygen atoms in total. The van der Waals surface area contributed by atoms with Gasteiger partial charge >= 0.3 is 0 Å². The molecule has 1 aromatic rings. The number of guanidine groups is 1. The summed E-state index contributed by atoms with van der Waals surface area (Å²) in [4.78, 5) is 8.79. The fourth-order valence-corrected chi connectivity index (χ4v) is 3.96. The Morgan fingerprint density at radius 2 is 2.22 bits per heavy atom. The fourth-order valence-electron chi connectivity index (χ4n) is 3.12. The molecule has 2 rings (SSSR count). The molecule has 23 heavy (non-hydrogen) atoms. The van der Waals surface area contributed by atoms with Gasteiger partial charge in [0.1, 0.15) is 0 Å². The van der Waals surface area contributed by atoms with E-state index in [9.17, 15) is 0 Å². The maximum Gasteiger partial charge on any atom is 0.191 e. The molecule has 1 aliphatic rings. The third kappa shape index (κ3) is 5.21. The minimum Gasteiger partial charge on any atom is -0.357 e. The highest BCUT2D eigenvalue weighted by Crippen LogP contribution is 2.27. The number of hydrogen-bond donors (Lipinski definition) is 2. The van der Waals surface area contributed by atoms with E-state index >= 15 is 0 Å². The van der Waals surface area contributed by atoms with Gasteiger partial charge in [-0.25, -0.2) is 0 Å². The van der Waals surface area contributed by atoms with Gasteiger partial charge in [0.2, 0.25) is 0 Å². The van der Waals surface area contributed by atoms with Crippen LogP contribution in [0.4, 0.5) is 0 Å².